The summed E-state index contributed by atoms with van der Waals surface area (Å²) in [5.74, 6) is -0.0273. The second-order valence-electron chi connectivity index (χ2n) is 8.45. The lowest BCUT2D eigenvalue weighted by Gasteiger charge is -2.30. The van der Waals surface area contributed by atoms with Crippen LogP contribution in [0.15, 0.2) is 71.3 Å². The highest BCUT2D eigenvalue weighted by molar-refractivity contribution is 6.01. The van der Waals surface area contributed by atoms with Gasteiger partial charge < -0.3 is 14.5 Å². The quantitative estimate of drug-likeness (QED) is 0.351. The summed E-state index contributed by atoms with van der Waals surface area (Å²) in [4.78, 5) is 28.7. The normalized spacial score (nSPS) is 12.1. The van der Waals surface area contributed by atoms with Crippen LogP contribution in [0.25, 0.3) is 11.0 Å². The van der Waals surface area contributed by atoms with Gasteiger partial charge in [0.05, 0.1) is 18.4 Å². The number of nitrogens with one attached hydrogen (secondary N) is 1. The largest absolute Gasteiger partial charge is 0.467 e. The van der Waals surface area contributed by atoms with Gasteiger partial charge >= 0.3 is 0 Å². The number of carbonyl (C=O) groups excluding carboxylic acids is 2. The van der Waals surface area contributed by atoms with Gasteiger partial charge in [-0.15, -0.1) is 5.10 Å². The number of amides is 2. The van der Waals surface area contributed by atoms with Gasteiger partial charge in [-0.1, -0.05) is 43.3 Å². The minimum Gasteiger partial charge on any atom is -0.467 e. The zero-order valence-electron chi connectivity index (χ0n) is 20.0. The van der Waals surface area contributed by atoms with Crippen molar-refractivity contribution in [2.75, 3.05) is 25.2 Å². The van der Waals surface area contributed by atoms with Gasteiger partial charge in [0.25, 0.3) is 5.91 Å². The van der Waals surface area contributed by atoms with Crippen LogP contribution in [0, 0.1) is 0 Å². The van der Waals surface area contributed by atoms with E-state index in [1.165, 1.54) is 15.8 Å². The Labute approximate surface area is 203 Å². The third-order valence-corrected chi connectivity index (χ3v) is 5.74. The van der Waals surface area contributed by atoms with E-state index in [2.05, 4.69) is 29.5 Å². The average Bonchev–Trinajstić information content (AvgIpc) is 3.53. The van der Waals surface area contributed by atoms with Crippen LogP contribution in [-0.4, -0.2) is 47.1 Å². The third kappa shape index (κ3) is 5.41. The first-order valence-electron chi connectivity index (χ1n) is 11.5. The Hall–Kier alpha value is -3.98. The van der Waals surface area contributed by atoms with E-state index in [1.54, 1.807) is 19.2 Å². The first-order valence-corrected chi connectivity index (χ1v) is 11.5. The molecular weight excluding hydrogens is 446 g/mol. The van der Waals surface area contributed by atoms with Crippen molar-refractivity contribution >= 4 is 28.5 Å². The highest BCUT2D eigenvalue weighted by atomic mass is 16.5. The molecule has 4 rings (SSSR count). The Morgan fingerprint density at radius 2 is 1.86 bits per heavy atom. The average molecular weight is 476 g/mol. The molecule has 0 aliphatic heterocycles. The number of benzene rings is 2. The van der Waals surface area contributed by atoms with Gasteiger partial charge in [0.15, 0.2) is 6.04 Å². The fourth-order valence-corrected chi connectivity index (χ4v) is 3.89. The molecule has 0 radical (unpaired) electrons. The standard InChI is InChI=1S/C26H29N5O4/c1-18(2)19-10-12-20(13-11-19)31(24(32)17-30-22-8-5-4-7-21(22)28-29-30)25(23-9-6-15-35-23)26(33)27-14-16-34-3/h4-13,15,18,25H,14,16-17H2,1-3H3,(H,27,33)/t25-/m1/s1. The van der Waals surface area contributed by atoms with Gasteiger partial charge in [-0.2, -0.15) is 0 Å². The Morgan fingerprint density at radius 3 is 2.54 bits per heavy atom. The molecule has 9 nitrogen and oxygen atoms in total. The van der Waals surface area contributed by atoms with E-state index >= 15 is 0 Å². The molecule has 0 spiro atoms. The molecule has 0 unspecified atom stereocenters. The van der Waals surface area contributed by atoms with Crippen molar-refractivity contribution in [3.8, 4) is 0 Å². The lowest BCUT2D eigenvalue weighted by atomic mass is 10.0. The maximum absolute atomic E-state index is 13.8. The van der Waals surface area contributed by atoms with Crippen LogP contribution in [0.4, 0.5) is 5.69 Å². The van der Waals surface area contributed by atoms with Gasteiger partial charge in [0.1, 0.15) is 17.8 Å². The number of furan rings is 1. The molecular formula is C26H29N5O4. The monoisotopic (exact) mass is 475 g/mol. The SMILES string of the molecule is COCCNC(=O)[C@@H](c1ccco1)N(C(=O)Cn1nnc2ccccc21)c1ccc(C(C)C)cc1. The van der Waals surface area contributed by atoms with Gasteiger partial charge in [-0.25, -0.2) is 4.68 Å². The highest BCUT2D eigenvalue weighted by Crippen LogP contribution is 2.30. The van der Waals surface area contributed by atoms with Crippen molar-refractivity contribution in [3.05, 3.63) is 78.3 Å². The summed E-state index contributed by atoms with van der Waals surface area (Å²) in [6.45, 7) is 4.74. The van der Waals surface area contributed by atoms with E-state index in [1.807, 2.05) is 48.5 Å². The lowest BCUT2D eigenvalue weighted by molar-refractivity contribution is -0.127. The molecule has 2 aromatic carbocycles. The minimum atomic E-state index is -1.02. The number of anilines is 1. The van der Waals surface area contributed by atoms with E-state index < -0.39 is 6.04 Å². The van der Waals surface area contributed by atoms with E-state index in [-0.39, 0.29) is 18.4 Å². The molecule has 0 saturated heterocycles. The predicted octanol–water partition coefficient (Wildman–Crippen LogP) is 3.68. The minimum absolute atomic E-state index is 0.102. The molecule has 4 aromatic rings. The number of hydrogen-bond donors (Lipinski definition) is 1. The maximum atomic E-state index is 13.8. The second-order valence-corrected chi connectivity index (χ2v) is 8.45. The molecule has 2 aromatic heterocycles. The van der Waals surface area contributed by atoms with Crippen molar-refractivity contribution < 1.29 is 18.7 Å². The van der Waals surface area contributed by atoms with Gasteiger partial charge in [0, 0.05) is 19.3 Å². The van der Waals surface area contributed by atoms with E-state index in [9.17, 15) is 9.59 Å². The van der Waals surface area contributed by atoms with Crippen LogP contribution in [0.2, 0.25) is 0 Å². The van der Waals surface area contributed by atoms with Crippen LogP contribution in [0.3, 0.4) is 0 Å². The number of hydrogen-bond acceptors (Lipinski definition) is 6. The number of nitrogens with zero attached hydrogens (tertiary/aromatic N) is 4. The number of methoxy groups -OCH3 is 1. The van der Waals surface area contributed by atoms with Crippen LogP contribution >= 0.6 is 0 Å². The predicted molar refractivity (Wildman–Crippen MR) is 132 cm³/mol. The fraction of sp³-hybridized carbons (Fsp3) is 0.308. The van der Waals surface area contributed by atoms with Crippen LogP contribution < -0.4 is 10.2 Å². The maximum Gasteiger partial charge on any atom is 0.251 e. The number of carbonyl (C=O) groups is 2. The molecule has 0 bridgehead atoms. The number of rotatable bonds is 10. The van der Waals surface area contributed by atoms with Gasteiger partial charge in [-0.05, 0) is 47.9 Å². The Morgan fingerprint density at radius 1 is 1.09 bits per heavy atom. The summed E-state index contributed by atoms with van der Waals surface area (Å²) in [5.41, 5.74) is 3.12. The van der Waals surface area contributed by atoms with Crippen LogP contribution in [0.5, 0.6) is 0 Å². The molecule has 2 heterocycles. The van der Waals surface area contributed by atoms with Crippen molar-refractivity contribution in [3.63, 3.8) is 0 Å². The van der Waals surface area contributed by atoms with E-state index in [4.69, 9.17) is 9.15 Å². The fourth-order valence-electron chi connectivity index (χ4n) is 3.89. The summed E-state index contributed by atoms with van der Waals surface area (Å²) < 4.78 is 12.2. The van der Waals surface area contributed by atoms with Gasteiger partial charge in [0.2, 0.25) is 5.91 Å². The molecule has 2 amide bonds. The third-order valence-electron chi connectivity index (χ3n) is 5.74. The second kappa shape index (κ2) is 11.0. The summed E-state index contributed by atoms with van der Waals surface area (Å²) in [5, 5.41) is 11.1. The number of para-hydroxylation sites is 1. The summed E-state index contributed by atoms with van der Waals surface area (Å²) >= 11 is 0. The van der Waals surface area contributed by atoms with Crippen molar-refractivity contribution in [1.29, 1.82) is 0 Å². The van der Waals surface area contributed by atoms with Gasteiger partial charge in [-0.3, -0.25) is 14.5 Å². The number of ether oxygens (including phenoxy) is 1. The molecule has 1 atom stereocenters. The van der Waals surface area contributed by atoms with Crippen molar-refractivity contribution in [2.24, 2.45) is 0 Å². The molecule has 0 aliphatic rings. The Bertz CT molecular complexity index is 1260. The van der Waals surface area contributed by atoms with Crippen molar-refractivity contribution in [2.45, 2.75) is 32.4 Å². The molecule has 0 aliphatic carbocycles. The Kier molecular flexibility index (Phi) is 7.57. The highest BCUT2D eigenvalue weighted by Gasteiger charge is 2.35. The van der Waals surface area contributed by atoms with Crippen molar-refractivity contribution in [1.82, 2.24) is 20.3 Å². The molecule has 0 saturated carbocycles. The summed E-state index contributed by atoms with van der Waals surface area (Å²) in [6, 6.07) is 17.4. The zero-order chi connectivity index (χ0) is 24.8. The van der Waals surface area contributed by atoms with E-state index in [0.29, 0.717) is 36.0 Å². The summed E-state index contributed by atoms with van der Waals surface area (Å²) in [6.07, 6.45) is 1.49. The first kappa shape index (κ1) is 24.2. The molecule has 0 fully saturated rings. The number of fused-ring (bicyclic) bond motifs is 1. The molecule has 9 heteroatoms. The number of aromatic nitrogens is 3. The Balaban J connectivity index is 1.74. The molecule has 1 N–H and O–H groups in total. The summed E-state index contributed by atoms with van der Waals surface area (Å²) in [7, 11) is 1.56. The zero-order valence-corrected chi connectivity index (χ0v) is 20.0. The molecule has 182 valence electrons. The lowest BCUT2D eigenvalue weighted by Crippen LogP contribution is -2.45. The molecule has 35 heavy (non-hydrogen) atoms. The topological polar surface area (TPSA) is 102 Å². The first-order chi connectivity index (χ1) is 17.0. The van der Waals surface area contributed by atoms with E-state index in [0.717, 1.165) is 11.1 Å². The van der Waals surface area contributed by atoms with Crippen LogP contribution in [0.1, 0.15) is 37.1 Å². The smallest absolute Gasteiger partial charge is 0.251 e. The van der Waals surface area contributed by atoms with Crippen LogP contribution in [-0.2, 0) is 20.9 Å².